The topological polar surface area (TPSA) is 161 Å². The van der Waals surface area contributed by atoms with Crippen molar-refractivity contribution in [2.24, 2.45) is 0 Å². The third-order valence-corrected chi connectivity index (χ3v) is 8.01. The van der Waals surface area contributed by atoms with Gasteiger partial charge in [-0.3, -0.25) is 14.6 Å². The number of nitrogens with zero attached hydrogens (tertiary/aromatic N) is 5. The van der Waals surface area contributed by atoms with Crippen LogP contribution in [0.1, 0.15) is 24.5 Å². The number of rotatable bonds is 7. The van der Waals surface area contributed by atoms with Gasteiger partial charge in [0.1, 0.15) is 18.0 Å². The third kappa shape index (κ3) is 4.90. The number of hydrogen-bond acceptors (Lipinski definition) is 9. The average molecular weight is 553 g/mol. The zero-order valence-electron chi connectivity index (χ0n) is 21.8. The fraction of sp³-hybridized carbons (Fsp3) is 0.385. The van der Waals surface area contributed by atoms with Gasteiger partial charge in [-0.25, -0.2) is 9.78 Å². The lowest BCUT2D eigenvalue weighted by Gasteiger charge is -2.46. The summed E-state index contributed by atoms with van der Waals surface area (Å²) < 4.78 is 0.929. The maximum Gasteiger partial charge on any atom is 0.331 e. The number of thiazole rings is 1. The molecule has 39 heavy (non-hydrogen) atoms. The summed E-state index contributed by atoms with van der Waals surface area (Å²) in [7, 11) is 1.55. The molecule has 4 amide bonds. The van der Waals surface area contributed by atoms with Crippen molar-refractivity contribution in [1.82, 2.24) is 30.1 Å². The normalized spacial score (nSPS) is 19.5. The van der Waals surface area contributed by atoms with Crippen LogP contribution in [0.4, 0.5) is 15.6 Å². The maximum absolute atomic E-state index is 14.0. The fourth-order valence-corrected chi connectivity index (χ4v) is 6.17. The molecule has 2 saturated heterocycles. The Balaban J connectivity index is 1.53. The summed E-state index contributed by atoms with van der Waals surface area (Å²) >= 11 is 1.38. The lowest BCUT2D eigenvalue weighted by molar-refractivity contribution is -0.157. The molecule has 3 heterocycles. The molecule has 12 nitrogen and oxygen atoms in total. The van der Waals surface area contributed by atoms with Gasteiger partial charge in [-0.1, -0.05) is 36.5 Å². The molecule has 2 aliphatic rings. The summed E-state index contributed by atoms with van der Waals surface area (Å²) in [4.78, 5) is 48.0. The molecular weight excluding hydrogens is 520 g/mol. The largest absolute Gasteiger partial charge is 0.506 e. The Hall–Kier alpha value is -4.10. The van der Waals surface area contributed by atoms with Crippen molar-refractivity contribution in [1.29, 1.82) is 0 Å². The third-order valence-electron chi connectivity index (χ3n) is 7.16. The summed E-state index contributed by atoms with van der Waals surface area (Å²) in [6.45, 7) is 2.84. The van der Waals surface area contributed by atoms with E-state index in [1.165, 1.54) is 17.4 Å². The average Bonchev–Trinajstić information content (AvgIpc) is 3.45. The summed E-state index contributed by atoms with van der Waals surface area (Å²) in [5.74, 6) is -0.493. The van der Waals surface area contributed by atoms with Crippen molar-refractivity contribution in [3.63, 3.8) is 0 Å². The van der Waals surface area contributed by atoms with Crippen LogP contribution in [-0.2, 0) is 22.6 Å². The van der Waals surface area contributed by atoms with Crippen LogP contribution < -0.4 is 16.8 Å². The number of nitrogens with two attached hydrogens (primary N) is 2. The Morgan fingerprint density at radius 2 is 2.05 bits per heavy atom. The monoisotopic (exact) mass is 552 g/mol. The van der Waals surface area contributed by atoms with Crippen LogP contribution in [-0.4, -0.2) is 86.6 Å². The number of carbonyl (C=O) groups excluding carboxylic acids is 3. The van der Waals surface area contributed by atoms with Crippen molar-refractivity contribution in [2.45, 2.75) is 38.5 Å². The summed E-state index contributed by atoms with van der Waals surface area (Å²) in [5, 5.41) is 16.3. The van der Waals surface area contributed by atoms with Gasteiger partial charge in [0.25, 0.3) is 0 Å². The molecule has 2 aromatic carbocycles. The van der Waals surface area contributed by atoms with Crippen LogP contribution in [0.25, 0.3) is 10.2 Å². The number of aromatic nitrogens is 1. The first kappa shape index (κ1) is 26.5. The molecule has 0 unspecified atom stereocenters. The van der Waals surface area contributed by atoms with Crippen LogP contribution in [0.3, 0.4) is 0 Å². The molecule has 5 rings (SSSR count). The molecular formula is C26H32N8O4S. The quantitative estimate of drug-likeness (QED) is 0.254. The number of carbonyl (C=O) groups is 3. The van der Waals surface area contributed by atoms with Gasteiger partial charge in [0.2, 0.25) is 11.8 Å². The van der Waals surface area contributed by atoms with E-state index in [2.05, 4.69) is 10.3 Å². The number of aromatic hydroxyl groups is 1. The summed E-state index contributed by atoms with van der Waals surface area (Å²) in [5.41, 5.74) is 14.4. The van der Waals surface area contributed by atoms with E-state index in [1.807, 2.05) is 25.1 Å². The zero-order chi connectivity index (χ0) is 27.8. The maximum atomic E-state index is 14.0. The number of fused-ring (bicyclic) bond motifs is 2. The smallest absolute Gasteiger partial charge is 0.331 e. The van der Waals surface area contributed by atoms with Gasteiger partial charge in [-0.2, -0.15) is 5.01 Å². The van der Waals surface area contributed by atoms with Crippen molar-refractivity contribution in [2.75, 3.05) is 38.1 Å². The first-order chi connectivity index (χ1) is 18.7. The molecule has 13 heteroatoms. The van der Waals surface area contributed by atoms with Crippen LogP contribution in [0.5, 0.6) is 5.75 Å². The van der Waals surface area contributed by atoms with E-state index in [0.717, 1.165) is 15.8 Å². The lowest BCUT2D eigenvalue weighted by atomic mass is 9.99. The molecule has 0 radical (unpaired) electrons. The number of benzene rings is 2. The van der Waals surface area contributed by atoms with Crippen molar-refractivity contribution >= 4 is 50.2 Å². The second kappa shape index (κ2) is 10.6. The Kier molecular flexibility index (Phi) is 7.19. The van der Waals surface area contributed by atoms with Crippen molar-refractivity contribution in [3.05, 3.63) is 47.5 Å². The van der Waals surface area contributed by atoms with E-state index in [4.69, 9.17) is 11.5 Å². The number of piperazine rings is 1. The Labute approximate surface area is 229 Å². The molecule has 2 fully saturated rings. The van der Waals surface area contributed by atoms with E-state index in [0.29, 0.717) is 23.7 Å². The Morgan fingerprint density at radius 1 is 1.26 bits per heavy atom. The SMILES string of the molecule is CCCN(C(=O)NC)N1CC(=O)N2[C@@H](Cc3ccc(O)c(N)c3)C(=O)N(Cc3cccc4sc(N)nc34)C[C@@H]21. The van der Waals surface area contributed by atoms with E-state index < -0.39 is 12.2 Å². The summed E-state index contributed by atoms with van der Waals surface area (Å²) in [6.07, 6.45) is 0.354. The Bertz CT molecular complexity index is 1430. The number of phenolic OH excluding ortho intramolecular Hbond substituents is 1. The number of urea groups is 1. The van der Waals surface area contributed by atoms with E-state index in [1.54, 1.807) is 39.0 Å². The number of nitrogens with one attached hydrogen (secondary N) is 1. The molecule has 206 valence electrons. The molecule has 2 atom stereocenters. The van der Waals surface area contributed by atoms with Gasteiger partial charge in [-0.15, -0.1) is 0 Å². The molecule has 0 saturated carbocycles. The van der Waals surface area contributed by atoms with E-state index in [9.17, 15) is 19.5 Å². The molecule has 6 N–H and O–H groups in total. The van der Waals surface area contributed by atoms with Crippen LogP contribution in [0.2, 0.25) is 0 Å². The number of nitrogen functional groups attached to an aromatic ring is 2. The number of hydrazine groups is 1. The highest BCUT2D eigenvalue weighted by molar-refractivity contribution is 7.22. The predicted octanol–water partition coefficient (Wildman–Crippen LogP) is 1.56. The molecule has 3 aromatic rings. The van der Waals surface area contributed by atoms with Gasteiger partial charge >= 0.3 is 6.03 Å². The van der Waals surface area contributed by atoms with Crippen LogP contribution in [0, 0.1) is 0 Å². The first-order valence-electron chi connectivity index (χ1n) is 12.8. The highest BCUT2D eigenvalue weighted by Crippen LogP contribution is 2.33. The van der Waals surface area contributed by atoms with E-state index in [-0.39, 0.29) is 55.3 Å². The number of phenols is 1. The molecule has 2 aliphatic heterocycles. The van der Waals surface area contributed by atoms with Crippen molar-refractivity contribution < 1.29 is 19.5 Å². The van der Waals surface area contributed by atoms with Gasteiger partial charge < -0.3 is 31.7 Å². The standard InChI is InChI=1S/C26H32N8O4S/c1-3-9-32(26(38)29-2)33-14-22(36)34-18(11-15-7-8-19(35)17(27)10-15)24(37)31(13-21(33)34)12-16-5-4-6-20-23(16)30-25(28)39-20/h4-8,10,18,21,35H,3,9,11-14,27H2,1-2H3,(H2,28,30)(H,29,38)/t18-,21+/m0/s1. The molecule has 0 spiro atoms. The number of anilines is 2. The fourth-order valence-electron chi connectivity index (χ4n) is 5.39. The van der Waals surface area contributed by atoms with Crippen LogP contribution in [0.15, 0.2) is 36.4 Å². The highest BCUT2D eigenvalue weighted by Gasteiger charge is 2.52. The Morgan fingerprint density at radius 3 is 2.77 bits per heavy atom. The van der Waals surface area contributed by atoms with Gasteiger partial charge in [0.15, 0.2) is 5.13 Å². The summed E-state index contributed by atoms with van der Waals surface area (Å²) in [6, 6.07) is 9.41. The second-order valence-corrected chi connectivity index (χ2v) is 10.8. The van der Waals surface area contributed by atoms with Gasteiger partial charge in [-0.05, 0) is 35.7 Å². The van der Waals surface area contributed by atoms with Crippen LogP contribution >= 0.6 is 11.3 Å². The number of amides is 4. The number of para-hydroxylation sites is 1. The highest BCUT2D eigenvalue weighted by atomic mass is 32.1. The molecule has 0 aliphatic carbocycles. The van der Waals surface area contributed by atoms with Crippen molar-refractivity contribution in [3.8, 4) is 5.75 Å². The minimum atomic E-state index is -0.821. The van der Waals surface area contributed by atoms with Gasteiger partial charge in [0.05, 0.1) is 29.0 Å². The minimum absolute atomic E-state index is 0.0222. The molecule has 1 aromatic heterocycles. The van der Waals surface area contributed by atoms with E-state index >= 15 is 0 Å². The molecule has 0 bridgehead atoms. The first-order valence-corrected chi connectivity index (χ1v) is 13.6. The minimum Gasteiger partial charge on any atom is -0.506 e. The number of hydrogen-bond donors (Lipinski definition) is 4. The van der Waals surface area contributed by atoms with Gasteiger partial charge in [0, 0.05) is 26.6 Å². The zero-order valence-corrected chi connectivity index (χ0v) is 22.6. The second-order valence-electron chi connectivity index (χ2n) is 9.71. The lowest BCUT2D eigenvalue weighted by Crippen LogP contribution is -2.66. The predicted molar refractivity (Wildman–Crippen MR) is 148 cm³/mol.